The number of carbonyl (C=O) groups is 5. The fourth-order valence-corrected chi connectivity index (χ4v) is 10.0. The van der Waals surface area contributed by atoms with E-state index in [0.29, 0.717) is 49.9 Å². The summed E-state index contributed by atoms with van der Waals surface area (Å²) >= 11 is 2.68. The first-order valence-corrected chi connectivity index (χ1v) is 26.9. The summed E-state index contributed by atoms with van der Waals surface area (Å²) < 4.78 is 33.0. The molecule has 1 fully saturated rings. The molecule has 0 bridgehead atoms. The van der Waals surface area contributed by atoms with Crippen LogP contribution in [-0.2, 0) is 43.3 Å². The normalized spacial score (nSPS) is 17.6. The van der Waals surface area contributed by atoms with Gasteiger partial charge in [-0.25, -0.2) is 28.7 Å². The standard InChI is InChI=1S/C54H61FN10O13S2/c1-27(2)41(56)49(70)57-29(4)48(69)58-33-18-16-32(31(25-33)17-20-37-43(66)44(67)45(68)46(78-37)51(73)74)26-77-54(75)64(5)21-9-11-30-15-19-36(34(55)24-30)76-22-10-14-39-42(50(71)72)60-53(80-39)65(6)40-23-28(3)47(63-62-40)61-52-59-35-12-7-8-13-38(35)79-52/h7-8,12-13,15-16,18-19,23-25,27,29,37,41,43-46,66-68H,10,14,17,20-22,26,56H2,1-6H3,(H,57,70)(H,58,69)(H,71,72)(H,73,74)(H,59,61,63)/t29-,37-,41-,43-,44+,45-,46-/m0/s1. The number of aliphatic carboxylic acids is 1. The number of para-hydroxylation sites is 1. The van der Waals surface area contributed by atoms with Crippen molar-refractivity contribution >= 4 is 90.3 Å². The zero-order chi connectivity index (χ0) is 57.9. The molecule has 0 radical (unpaired) electrons. The maximum atomic E-state index is 15.2. The van der Waals surface area contributed by atoms with Gasteiger partial charge in [0.1, 0.15) is 31.0 Å². The van der Waals surface area contributed by atoms with Gasteiger partial charge in [-0.3, -0.25) is 9.59 Å². The second-order valence-corrected chi connectivity index (χ2v) is 21.3. The van der Waals surface area contributed by atoms with Gasteiger partial charge in [0.05, 0.1) is 35.5 Å². The minimum atomic E-state index is -1.88. The maximum absolute atomic E-state index is 15.2. The third-order valence-electron chi connectivity index (χ3n) is 12.9. The molecule has 0 aliphatic carbocycles. The summed E-state index contributed by atoms with van der Waals surface area (Å²) in [6, 6.07) is 16.6. The lowest BCUT2D eigenvalue weighted by atomic mass is 9.91. The Hall–Kier alpha value is -7.90. The number of nitrogens with zero attached hydrogens (tertiary/aromatic N) is 6. The summed E-state index contributed by atoms with van der Waals surface area (Å²) in [7, 11) is 3.15. The highest BCUT2D eigenvalue weighted by Gasteiger charge is 2.46. The van der Waals surface area contributed by atoms with Crippen LogP contribution in [0.3, 0.4) is 0 Å². The van der Waals surface area contributed by atoms with E-state index >= 15 is 4.39 Å². The van der Waals surface area contributed by atoms with E-state index in [1.54, 1.807) is 44.0 Å². The molecular weight excluding hydrogens is 1080 g/mol. The topological polar surface area (TPSA) is 334 Å². The Morgan fingerprint density at radius 1 is 0.900 bits per heavy atom. The Balaban J connectivity index is 0.909. The number of amides is 3. The molecule has 7 rings (SSSR count). The molecule has 23 nitrogen and oxygen atoms in total. The molecule has 3 aromatic heterocycles. The number of carbonyl (C=O) groups excluding carboxylic acids is 3. The number of aryl methyl sites for hydroxylation is 3. The number of carboxylic acids is 2. The number of aromatic nitrogens is 4. The van der Waals surface area contributed by atoms with Crippen LogP contribution >= 0.6 is 22.7 Å². The number of nitrogens with two attached hydrogens (primary N) is 1. The van der Waals surface area contributed by atoms with Crippen LogP contribution in [0.15, 0.2) is 66.7 Å². The Bertz CT molecular complexity index is 3260. The van der Waals surface area contributed by atoms with Gasteiger partial charge in [0, 0.05) is 30.2 Å². The van der Waals surface area contributed by atoms with E-state index in [4.69, 9.17) is 19.9 Å². The molecule has 80 heavy (non-hydrogen) atoms. The van der Waals surface area contributed by atoms with Crippen LogP contribution in [0.4, 0.5) is 36.8 Å². The number of anilines is 5. The molecule has 7 atom stereocenters. The number of nitrogens with one attached hydrogen (secondary N) is 3. The summed E-state index contributed by atoms with van der Waals surface area (Å²) in [6.07, 6.45) is -8.57. The van der Waals surface area contributed by atoms with Crippen LogP contribution < -0.4 is 31.3 Å². The monoisotopic (exact) mass is 1140 g/mol. The average molecular weight is 1140 g/mol. The van der Waals surface area contributed by atoms with Gasteiger partial charge in [-0.15, -0.1) is 21.5 Å². The molecule has 10 N–H and O–H groups in total. The summed E-state index contributed by atoms with van der Waals surface area (Å²) in [5, 5.41) is 69.0. The molecule has 1 saturated heterocycles. The van der Waals surface area contributed by atoms with E-state index in [0.717, 1.165) is 15.8 Å². The summed E-state index contributed by atoms with van der Waals surface area (Å²) in [5.74, 6) is 1.86. The van der Waals surface area contributed by atoms with Crippen LogP contribution in [0.2, 0.25) is 0 Å². The fraction of sp³-hybridized carbons (Fsp3) is 0.389. The van der Waals surface area contributed by atoms with Crippen molar-refractivity contribution in [2.24, 2.45) is 11.7 Å². The quantitative estimate of drug-likeness (QED) is 0.0314. The lowest BCUT2D eigenvalue weighted by molar-refractivity contribution is -0.228. The molecule has 0 unspecified atom stereocenters. The van der Waals surface area contributed by atoms with Crippen LogP contribution in [0.5, 0.6) is 5.75 Å². The number of halogens is 1. The molecule has 1 aliphatic rings. The molecule has 3 aromatic carbocycles. The predicted octanol–water partition coefficient (Wildman–Crippen LogP) is 5.13. The van der Waals surface area contributed by atoms with Crippen LogP contribution in [0.25, 0.3) is 10.2 Å². The molecule has 4 heterocycles. The van der Waals surface area contributed by atoms with Gasteiger partial charge in [-0.2, -0.15) is 0 Å². The van der Waals surface area contributed by atoms with E-state index in [2.05, 4.69) is 48.0 Å². The zero-order valence-electron chi connectivity index (χ0n) is 44.4. The number of thiazole rings is 2. The number of hydrogen-bond donors (Lipinski definition) is 9. The smallest absolute Gasteiger partial charge is 0.410 e. The van der Waals surface area contributed by atoms with Crippen molar-refractivity contribution in [1.29, 1.82) is 0 Å². The Morgan fingerprint density at radius 2 is 1.66 bits per heavy atom. The van der Waals surface area contributed by atoms with Crippen molar-refractivity contribution in [1.82, 2.24) is 30.4 Å². The van der Waals surface area contributed by atoms with Crippen LogP contribution in [0.1, 0.15) is 71.2 Å². The largest absolute Gasteiger partial charge is 0.491 e. The van der Waals surface area contributed by atoms with E-state index in [1.165, 1.54) is 59.7 Å². The molecule has 424 valence electrons. The Labute approximate surface area is 466 Å². The maximum Gasteiger partial charge on any atom is 0.410 e. The van der Waals surface area contributed by atoms with E-state index in [1.807, 2.05) is 37.3 Å². The lowest BCUT2D eigenvalue weighted by Gasteiger charge is -2.39. The first-order valence-electron chi connectivity index (χ1n) is 25.2. The molecule has 3 amide bonds. The fourth-order valence-electron chi connectivity index (χ4n) is 8.08. The molecule has 26 heteroatoms. The van der Waals surface area contributed by atoms with Gasteiger partial charge in [0.2, 0.25) is 11.8 Å². The Kier molecular flexibility index (Phi) is 20.0. The lowest BCUT2D eigenvalue weighted by Crippen LogP contribution is -2.59. The van der Waals surface area contributed by atoms with Crippen molar-refractivity contribution in [3.05, 3.63) is 105 Å². The minimum absolute atomic E-state index is 0.0436. The van der Waals surface area contributed by atoms with Crippen molar-refractivity contribution in [2.45, 2.75) is 103 Å². The molecule has 0 spiro atoms. The number of carboxylic acid groups (broad SMARTS) is 2. The Morgan fingerprint density at radius 3 is 2.36 bits per heavy atom. The summed E-state index contributed by atoms with van der Waals surface area (Å²) in [6.45, 7) is 6.53. The first-order chi connectivity index (χ1) is 38.1. The SMILES string of the molecule is Cc1cc(N(C)c2nc(C(=O)O)c(CCCOc3ccc(C#CCN(C)C(=O)OCc4ccc(NC(=O)[C@H](C)NC(=O)[C@@H](N)C(C)C)cc4CC[C@@H]4O[C@H](C(=O)O)[C@@H](O)[C@H](O)[C@H]4O)cc3F)s2)nnc1Nc1nc2ccccc2s1. The number of hydrogen-bond acceptors (Lipinski definition) is 20. The number of rotatable bonds is 22. The van der Waals surface area contributed by atoms with Crippen molar-refractivity contribution in [2.75, 3.05) is 42.8 Å². The predicted molar refractivity (Wildman–Crippen MR) is 295 cm³/mol. The van der Waals surface area contributed by atoms with E-state index in [9.17, 15) is 49.5 Å². The van der Waals surface area contributed by atoms with Crippen molar-refractivity contribution < 1.29 is 68.1 Å². The number of aromatic carboxylic acids is 1. The van der Waals surface area contributed by atoms with Crippen LogP contribution in [-0.4, -0.2) is 150 Å². The average Bonchev–Trinajstić information content (AvgIpc) is 4.06. The minimum Gasteiger partial charge on any atom is -0.491 e. The number of benzene rings is 3. The van der Waals surface area contributed by atoms with E-state index < -0.39 is 78.3 Å². The summed E-state index contributed by atoms with van der Waals surface area (Å²) in [5.41, 5.74) is 8.96. The summed E-state index contributed by atoms with van der Waals surface area (Å²) in [4.78, 5) is 75.0. The zero-order valence-corrected chi connectivity index (χ0v) is 46.0. The highest BCUT2D eigenvalue weighted by Crippen LogP contribution is 2.34. The van der Waals surface area contributed by atoms with Crippen molar-refractivity contribution in [3.8, 4) is 17.6 Å². The van der Waals surface area contributed by atoms with Gasteiger partial charge < -0.3 is 71.2 Å². The molecule has 0 saturated carbocycles. The molecular formula is C54H61FN10O13S2. The second-order valence-electron chi connectivity index (χ2n) is 19.2. The van der Waals surface area contributed by atoms with Gasteiger partial charge in [-0.1, -0.05) is 55.2 Å². The second kappa shape index (κ2) is 26.8. The van der Waals surface area contributed by atoms with E-state index in [-0.39, 0.29) is 62.1 Å². The third-order valence-corrected chi connectivity index (χ3v) is 15.0. The third kappa shape index (κ3) is 15.1. The first kappa shape index (κ1) is 59.8. The molecule has 6 aromatic rings. The highest BCUT2D eigenvalue weighted by molar-refractivity contribution is 7.22. The highest BCUT2D eigenvalue weighted by atomic mass is 32.1. The van der Waals surface area contributed by atoms with Gasteiger partial charge >= 0.3 is 18.0 Å². The number of ether oxygens (including phenoxy) is 3. The van der Waals surface area contributed by atoms with Gasteiger partial charge in [0.15, 0.2) is 45.3 Å². The van der Waals surface area contributed by atoms with Gasteiger partial charge in [0.25, 0.3) is 0 Å². The number of fused-ring (bicyclic) bond motifs is 1. The molecule has 1 aliphatic heterocycles. The van der Waals surface area contributed by atoms with Crippen LogP contribution in [0, 0.1) is 30.5 Å². The number of aliphatic hydroxyl groups excluding tert-OH is 3. The van der Waals surface area contributed by atoms with Gasteiger partial charge in [-0.05, 0) is 111 Å². The van der Waals surface area contributed by atoms with Crippen molar-refractivity contribution in [3.63, 3.8) is 0 Å². The number of aliphatic hydroxyl groups is 3.